The monoisotopic (exact) mass is 425 g/mol. The van der Waals surface area contributed by atoms with E-state index in [1.54, 1.807) is 18.4 Å². The Morgan fingerprint density at radius 2 is 1.93 bits per heavy atom. The molecule has 0 unspecified atom stereocenters. The van der Waals surface area contributed by atoms with Gasteiger partial charge < -0.3 is 14.5 Å². The molecule has 1 aromatic carbocycles. The number of rotatable bonds is 7. The number of ether oxygens (including phenoxy) is 1. The standard InChI is InChI=1S/C21H19N3O3S2/c1-13-23-18(12-28-13)19-8-7-17(27-19)10-22-20(25)9-15-11-29-21(24-15)14-3-5-16(26-2)6-4-14/h3-8,11-12H,9-10H2,1-2H3,(H,22,25). The van der Waals surface area contributed by atoms with E-state index in [2.05, 4.69) is 15.3 Å². The summed E-state index contributed by atoms with van der Waals surface area (Å²) in [7, 11) is 1.64. The second-order valence-electron chi connectivity index (χ2n) is 6.34. The van der Waals surface area contributed by atoms with Gasteiger partial charge in [0.25, 0.3) is 0 Å². The van der Waals surface area contributed by atoms with E-state index in [1.807, 2.05) is 54.1 Å². The van der Waals surface area contributed by atoms with Gasteiger partial charge in [0.05, 0.1) is 30.8 Å². The van der Waals surface area contributed by atoms with Crippen LogP contribution in [-0.2, 0) is 17.8 Å². The molecule has 1 amide bonds. The van der Waals surface area contributed by atoms with Crippen molar-refractivity contribution in [2.75, 3.05) is 7.11 Å². The molecule has 6 nitrogen and oxygen atoms in total. The molecule has 4 rings (SSSR count). The highest BCUT2D eigenvalue weighted by Crippen LogP contribution is 2.26. The van der Waals surface area contributed by atoms with Crippen LogP contribution in [0.25, 0.3) is 22.0 Å². The molecule has 4 aromatic rings. The van der Waals surface area contributed by atoms with Gasteiger partial charge in [-0.1, -0.05) is 0 Å². The van der Waals surface area contributed by atoms with Crippen LogP contribution in [0, 0.1) is 6.92 Å². The number of aryl methyl sites for hydroxylation is 1. The first-order valence-corrected chi connectivity index (χ1v) is 10.7. The van der Waals surface area contributed by atoms with Gasteiger partial charge in [-0.3, -0.25) is 4.79 Å². The average molecular weight is 426 g/mol. The van der Waals surface area contributed by atoms with Gasteiger partial charge >= 0.3 is 0 Å². The van der Waals surface area contributed by atoms with Gasteiger partial charge in [-0.05, 0) is 43.3 Å². The van der Waals surface area contributed by atoms with Crippen LogP contribution in [0.5, 0.6) is 5.75 Å². The summed E-state index contributed by atoms with van der Waals surface area (Å²) in [6, 6.07) is 11.4. The van der Waals surface area contributed by atoms with E-state index < -0.39 is 0 Å². The Kier molecular flexibility index (Phi) is 5.73. The Hall–Kier alpha value is -2.97. The predicted molar refractivity (Wildman–Crippen MR) is 114 cm³/mol. The van der Waals surface area contributed by atoms with Crippen LogP contribution in [0.15, 0.2) is 51.6 Å². The molecule has 3 heterocycles. The van der Waals surface area contributed by atoms with E-state index in [0.29, 0.717) is 18.1 Å². The maximum absolute atomic E-state index is 12.3. The molecule has 0 radical (unpaired) electrons. The molecule has 0 spiro atoms. The van der Waals surface area contributed by atoms with E-state index in [-0.39, 0.29) is 12.3 Å². The lowest BCUT2D eigenvalue weighted by Crippen LogP contribution is -2.24. The van der Waals surface area contributed by atoms with E-state index in [9.17, 15) is 4.79 Å². The first-order chi connectivity index (χ1) is 14.1. The van der Waals surface area contributed by atoms with Crippen molar-refractivity contribution in [3.63, 3.8) is 0 Å². The van der Waals surface area contributed by atoms with Crippen molar-refractivity contribution < 1.29 is 13.9 Å². The fourth-order valence-electron chi connectivity index (χ4n) is 2.75. The van der Waals surface area contributed by atoms with Crippen molar-refractivity contribution in [3.05, 3.63) is 63.6 Å². The van der Waals surface area contributed by atoms with Gasteiger partial charge in [0.1, 0.15) is 22.2 Å². The number of methoxy groups -OCH3 is 1. The zero-order valence-corrected chi connectivity index (χ0v) is 17.6. The number of aromatic nitrogens is 2. The molecule has 148 valence electrons. The molecular formula is C21H19N3O3S2. The summed E-state index contributed by atoms with van der Waals surface area (Å²) in [6.07, 6.45) is 0.228. The Morgan fingerprint density at radius 1 is 1.10 bits per heavy atom. The molecule has 0 saturated carbocycles. The van der Waals surface area contributed by atoms with Crippen LogP contribution < -0.4 is 10.1 Å². The number of amides is 1. The topological polar surface area (TPSA) is 77.2 Å². The van der Waals surface area contributed by atoms with Crippen molar-refractivity contribution in [1.82, 2.24) is 15.3 Å². The highest BCUT2D eigenvalue weighted by molar-refractivity contribution is 7.13. The third-order valence-electron chi connectivity index (χ3n) is 4.22. The van der Waals surface area contributed by atoms with Crippen LogP contribution in [0.3, 0.4) is 0 Å². The second kappa shape index (κ2) is 8.59. The molecule has 8 heteroatoms. The molecular weight excluding hydrogens is 406 g/mol. The minimum absolute atomic E-state index is 0.0981. The fourth-order valence-corrected chi connectivity index (χ4v) is 4.18. The van der Waals surface area contributed by atoms with Gasteiger partial charge in [0.2, 0.25) is 5.91 Å². The van der Waals surface area contributed by atoms with Crippen LogP contribution in [0.2, 0.25) is 0 Å². The fraction of sp³-hybridized carbons (Fsp3) is 0.190. The van der Waals surface area contributed by atoms with Gasteiger partial charge in [-0.25, -0.2) is 9.97 Å². The predicted octanol–water partition coefficient (Wildman–Crippen LogP) is 4.70. The minimum atomic E-state index is -0.0981. The van der Waals surface area contributed by atoms with Crippen LogP contribution in [0.1, 0.15) is 16.5 Å². The summed E-state index contributed by atoms with van der Waals surface area (Å²) in [5, 5.41) is 8.62. The first kappa shape index (κ1) is 19.4. The summed E-state index contributed by atoms with van der Waals surface area (Å²) in [5.41, 5.74) is 2.57. The number of nitrogens with zero attached hydrogens (tertiary/aromatic N) is 2. The highest BCUT2D eigenvalue weighted by Gasteiger charge is 2.11. The summed E-state index contributed by atoms with van der Waals surface area (Å²) < 4.78 is 10.9. The smallest absolute Gasteiger partial charge is 0.226 e. The number of hydrogen-bond donors (Lipinski definition) is 1. The highest BCUT2D eigenvalue weighted by atomic mass is 32.1. The Labute approximate surface area is 176 Å². The van der Waals surface area contributed by atoms with Gasteiger partial charge in [0, 0.05) is 16.3 Å². The lowest BCUT2D eigenvalue weighted by Gasteiger charge is -2.02. The van der Waals surface area contributed by atoms with Crippen LogP contribution in [-0.4, -0.2) is 23.0 Å². The number of benzene rings is 1. The van der Waals surface area contributed by atoms with Gasteiger partial charge in [-0.2, -0.15) is 0 Å². The van der Waals surface area contributed by atoms with Gasteiger partial charge in [-0.15, -0.1) is 22.7 Å². The third kappa shape index (κ3) is 4.72. The second-order valence-corrected chi connectivity index (χ2v) is 8.26. The van der Waals surface area contributed by atoms with E-state index >= 15 is 0 Å². The molecule has 0 fully saturated rings. The minimum Gasteiger partial charge on any atom is -0.497 e. The molecule has 3 aromatic heterocycles. The first-order valence-electron chi connectivity index (χ1n) is 8.97. The number of hydrogen-bond acceptors (Lipinski definition) is 7. The maximum Gasteiger partial charge on any atom is 0.226 e. The number of nitrogens with one attached hydrogen (secondary N) is 1. The molecule has 0 aliphatic heterocycles. The molecule has 0 bridgehead atoms. The molecule has 0 saturated heterocycles. The number of furan rings is 1. The summed E-state index contributed by atoms with van der Waals surface area (Å²) >= 11 is 3.10. The van der Waals surface area contributed by atoms with Crippen LogP contribution >= 0.6 is 22.7 Å². The SMILES string of the molecule is COc1ccc(-c2nc(CC(=O)NCc3ccc(-c4csc(C)n4)o3)cs2)cc1. The molecule has 0 atom stereocenters. The van der Waals surface area contributed by atoms with Crippen molar-refractivity contribution in [2.45, 2.75) is 19.9 Å². The van der Waals surface area contributed by atoms with E-state index in [4.69, 9.17) is 9.15 Å². The summed E-state index contributed by atoms with van der Waals surface area (Å²) in [4.78, 5) is 21.2. The van der Waals surface area contributed by atoms with Crippen molar-refractivity contribution in [1.29, 1.82) is 0 Å². The largest absolute Gasteiger partial charge is 0.497 e. The lowest BCUT2D eigenvalue weighted by atomic mass is 10.2. The number of thiazole rings is 2. The summed E-state index contributed by atoms with van der Waals surface area (Å²) in [6.45, 7) is 2.29. The maximum atomic E-state index is 12.3. The average Bonchev–Trinajstić information content (AvgIpc) is 3.47. The van der Waals surface area contributed by atoms with Gasteiger partial charge in [0.15, 0.2) is 5.76 Å². The third-order valence-corrected chi connectivity index (χ3v) is 5.94. The van der Waals surface area contributed by atoms with Crippen molar-refractivity contribution >= 4 is 28.6 Å². The zero-order chi connectivity index (χ0) is 20.2. The Morgan fingerprint density at radius 3 is 2.66 bits per heavy atom. The quantitative estimate of drug-likeness (QED) is 0.464. The van der Waals surface area contributed by atoms with E-state index in [1.165, 1.54) is 11.3 Å². The van der Waals surface area contributed by atoms with Crippen LogP contribution in [0.4, 0.5) is 0 Å². The Balaban J connectivity index is 1.32. The lowest BCUT2D eigenvalue weighted by molar-refractivity contribution is -0.120. The summed E-state index contributed by atoms with van der Waals surface area (Å²) in [5.74, 6) is 2.10. The number of carbonyl (C=O) groups is 1. The normalized spacial score (nSPS) is 10.8. The molecule has 0 aliphatic carbocycles. The van der Waals surface area contributed by atoms with Crippen molar-refractivity contribution in [2.24, 2.45) is 0 Å². The molecule has 29 heavy (non-hydrogen) atoms. The number of carbonyl (C=O) groups excluding carboxylic acids is 1. The molecule has 0 aliphatic rings. The Bertz CT molecular complexity index is 1110. The van der Waals surface area contributed by atoms with Crippen molar-refractivity contribution in [3.8, 4) is 27.8 Å². The molecule has 1 N–H and O–H groups in total. The van der Waals surface area contributed by atoms with E-state index in [0.717, 1.165) is 32.7 Å². The zero-order valence-electron chi connectivity index (χ0n) is 16.0.